The van der Waals surface area contributed by atoms with Crippen molar-refractivity contribution in [3.8, 4) is 0 Å². The van der Waals surface area contributed by atoms with E-state index in [4.69, 9.17) is 15.1 Å². The number of thiophene rings is 1. The normalized spacial score (nSPS) is 33.0. The highest BCUT2D eigenvalue weighted by Crippen LogP contribution is 2.64. The molecule has 8 nitrogen and oxygen atoms in total. The van der Waals surface area contributed by atoms with Crippen molar-refractivity contribution < 1.29 is 0 Å². The number of rotatable bonds is 5. The summed E-state index contributed by atoms with van der Waals surface area (Å²) in [6.45, 7) is 7.20. The van der Waals surface area contributed by atoms with Crippen LogP contribution in [-0.2, 0) is 24.8 Å². The van der Waals surface area contributed by atoms with E-state index in [1.54, 1.807) is 6.33 Å². The highest BCUT2D eigenvalue weighted by molar-refractivity contribution is 7.19. The molecule has 4 heterocycles. The summed E-state index contributed by atoms with van der Waals surface area (Å²) in [5.74, 6) is 3.23. The maximum atomic E-state index is 5.23. The van der Waals surface area contributed by atoms with Gasteiger partial charge >= 0.3 is 0 Å². The summed E-state index contributed by atoms with van der Waals surface area (Å²) in [7, 11) is 0. The molecule has 5 aliphatic carbocycles. The van der Waals surface area contributed by atoms with Crippen LogP contribution in [0.25, 0.3) is 15.9 Å². The second kappa shape index (κ2) is 7.58. The Bertz CT molecular complexity index is 1480. The number of aryl methyl sites for hydroxylation is 1. The first-order valence-corrected chi connectivity index (χ1v) is 15.1. The molecule has 0 aliphatic heterocycles. The third-order valence-corrected chi connectivity index (χ3v) is 12.1. The second-order valence-electron chi connectivity index (χ2n) is 13.6. The minimum Gasteiger partial charge on any atom is -0.225 e. The molecule has 3 atom stereocenters. The Morgan fingerprint density at radius 3 is 2.76 bits per heavy atom. The van der Waals surface area contributed by atoms with Crippen molar-refractivity contribution in [3.63, 3.8) is 0 Å². The Balaban J connectivity index is 1.15. The van der Waals surface area contributed by atoms with Crippen molar-refractivity contribution in [3.05, 3.63) is 28.9 Å². The van der Waals surface area contributed by atoms with Gasteiger partial charge in [-0.3, -0.25) is 0 Å². The SMILES string of the molecule is CCC(C)(C)[C@@H]1CCc2c(sc3ncn4nc(CC56C[C@@H]7C[C@@H](C5)CC(n5ncnn5)(C7)C6)nc4c23)C1. The van der Waals surface area contributed by atoms with Crippen LogP contribution in [0.3, 0.4) is 0 Å². The van der Waals surface area contributed by atoms with Crippen LogP contribution in [0.15, 0.2) is 12.7 Å². The molecule has 0 spiro atoms. The van der Waals surface area contributed by atoms with Crippen molar-refractivity contribution in [2.75, 3.05) is 0 Å². The highest BCUT2D eigenvalue weighted by atomic mass is 32.1. The van der Waals surface area contributed by atoms with E-state index in [2.05, 4.69) is 36.2 Å². The van der Waals surface area contributed by atoms with Crippen LogP contribution in [0.2, 0.25) is 0 Å². The van der Waals surface area contributed by atoms with Crippen LogP contribution >= 0.6 is 11.3 Å². The molecule has 9 heteroatoms. The smallest absolute Gasteiger partial charge is 0.167 e. The molecule has 0 radical (unpaired) electrons. The number of hydrogen-bond donors (Lipinski definition) is 0. The van der Waals surface area contributed by atoms with Crippen LogP contribution < -0.4 is 0 Å². The molecule has 9 rings (SSSR count). The molecular formula is C28H36N8S. The monoisotopic (exact) mass is 516 g/mol. The van der Waals surface area contributed by atoms with Crippen LogP contribution in [0, 0.1) is 28.6 Å². The third kappa shape index (κ3) is 3.31. The zero-order valence-electron chi connectivity index (χ0n) is 22.2. The molecule has 0 saturated heterocycles. The maximum absolute atomic E-state index is 5.23. The molecule has 0 unspecified atom stereocenters. The van der Waals surface area contributed by atoms with Crippen LogP contribution in [0.4, 0.5) is 0 Å². The summed E-state index contributed by atoms with van der Waals surface area (Å²) in [5, 5.41) is 19.3. The van der Waals surface area contributed by atoms with Crippen LogP contribution in [-0.4, -0.2) is 39.8 Å². The predicted molar refractivity (Wildman–Crippen MR) is 142 cm³/mol. The zero-order chi connectivity index (χ0) is 25.0. The molecule has 0 aromatic carbocycles. The van der Waals surface area contributed by atoms with Gasteiger partial charge in [0.25, 0.3) is 0 Å². The standard InChI is InChI=1S/C28H36N8S/c1-4-26(2,3)19-5-6-20-21(8-19)37-25-23(20)24-32-22(33-35(24)16-29-25)13-27-9-17-7-18(10-27)12-28(11-17,14-27)36-31-15-30-34-36/h15-19H,4-14H2,1-3H3/t17-,18-,19+,27?,28?/m0/s1. The lowest BCUT2D eigenvalue weighted by molar-refractivity contribution is -0.112. The third-order valence-electron chi connectivity index (χ3n) is 10.9. The van der Waals surface area contributed by atoms with Gasteiger partial charge in [-0.25, -0.2) is 14.5 Å². The van der Waals surface area contributed by atoms with Gasteiger partial charge in [-0.15, -0.1) is 26.6 Å². The van der Waals surface area contributed by atoms with Gasteiger partial charge < -0.3 is 0 Å². The molecule has 5 aliphatic rings. The number of nitrogens with zero attached hydrogens (tertiary/aromatic N) is 8. The van der Waals surface area contributed by atoms with Gasteiger partial charge in [0.15, 0.2) is 17.8 Å². The molecule has 4 fully saturated rings. The van der Waals surface area contributed by atoms with E-state index in [1.165, 1.54) is 67.2 Å². The topological polar surface area (TPSA) is 86.7 Å². The van der Waals surface area contributed by atoms with Crippen molar-refractivity contribution in [1.82, 2.24) is 39.8 Å². The summed E-state index contributed by atoms with van der Waals surface area (Å²) < 4.78 is 1.96. The van der Waals surface area contributed by atoms with E-state index in [1.807, 2.05) is 27.0 Å². The van der Waals surface area contributed by atoms with E-state index in [0.29, 0.717) is 5.41 Å². The first-order valence-electron chi connectivity index (χ1n) is 14.2. The molecule has 4 aromatic rings. The van der Waals surface area contributed by atoms with E-state index in [0.717, 1.165) is 53.3 Å². The minimum atomic E-state index is 0.0315. The van der Waals surface area contributed by atoms with Gasteiger partial charge in [-0.2, -0.15) is 4.80 Å². The number of fused-ring (bicyclic) bond motifs is 5. The van der Waals surface area contributed by atoms with E-state index in [-0.39, 0.29) is 11.0 Å². The second-order valence-corrected chi connectivity index (χ2v) is 14.7. The number of hydrogen-bond acceptors (Lipinski definition) is 7. The number of aromatic nitrogens is 8. The number of tetrazole rings is 1. The van der Waals surface area contributed by atoms with Crippen LogP contribution in [0.5, 0.6) is 0 Å². The summed E-state index contributed by atoms with van der Waals surface area (Å²) >= 11 is 1.89. The van der Waals surface area contributed by atoms with Crippen molar-refractivity contribution in [2.45, 2.75) is 96.9 Å². The van der Waals surface area contributed by atoms with Gasteiger partial charge in [0.05, 0.1) is 10.9 Å². The Morgan fingerprint density at radius 1 is 1.16 bits per heavy atom. The minimum absolute atomic E-state index is 0.0315. The van der Waals surface area contributed by atoms with Crippen molar-refractivity contribution in [1.29, 1.82) is 0 Å². The lowest BCUT2D eigenvalue weighted by Gasteiger charge is -2.61. The summed E-state index contributed by atoms with van der Waals surface area (Å²) in [4.78, 5) is 14.7. The molecule has 0 N–H and O–H groups in total. The summed E-state index contributed by atoms with van der Waals surface area (Å²) in [5.41, 5.74) is 3.16. The summed E-state index contributed by atoms with van der Waals surface area (Å²) in [6, 6.07) is 0. The molecular weight excluding hydrogens is 480 g/mol. The van der Waals surface area contributed by atoms with E-state index in [9.17, 15) is 0 Å². The van der Waals surface area contributed by atoms with Crippen molar-refractivity contribution in [2.24, 2.45) is 28.6 Å². The van der Waals surface area contributed by atoms with Gasteiger partial charge in [-0.05, 0) is 97.1 Å². The van der Waals surface area contributed by atoms with Gasteiger partial charge in [0, 0.05) is 11.3 Å². The average molecular weight is 517 g/mol. The summed E-state index contributed by atoms with van der Waals surface area (Å²) in [6.07, 6.45) is 16.7. The van der Waals surface area contributed by atoms with E-state index >= 15 is 0 Å². The Hall–Kier alpha value is -2.42. The maximum Gasteiger partial charge on any atom is 0.167 e. The van der Waals surface area contributed by atoms with Crippen LogP contribution in [0.1, 0.15) is 88.4 Å². The fourth-order valence-corrected chi connectivity index (χ4v) is 10.5. The fourth-order valence-electron chi connectivity index (χ4n) is 9.21. The molecule has 4 aromatic heterocycles. The fraction of sp³-hybridized carbons (Fsp3) is 0.714. The largest absolute Gasteiger partial charge is 0.225 e. The quantitative estimate of drug-likeness (QED) is 0.353. The molecule has 194 valence electrons. The molecule has 0 amide bonds. The molecule has 4 saturated carbocycles. The molecule has 4 bridgehead atoms. The lowest BCUT2D eigenvalue weighted by Crippen LogP contribution is -2.57. The van der Waals surface area contributed by atoms with Gasteiger partial charge in [0.1, 0.15) is 11.2 Å². The molecule has 37 heavy (non-hydrogen) atoms. The first-order chi connectivity index (χ1) is 17.9. The Labute approximate surface area is 221 Å². The van der Waals surface area contributed by atoms with Gasteiger partial charge in [-0.1, -0.05) is 27.2 Å². The van der Waals surface area contributed by atoms with E-state index < -0.39 is 0 Å². The van der Waals surface area contributed by atoms with Gasteiger partial charge in [0.2, 0.25) is 0 Å². The Kier molecular flexibility index (Phi) is 4.62. The Morgan fingerprint density at radius 2 is 2.00 bits per heavy atom. The highest BCUT2D eigenvalue weighted by Gasteiger charge is 2.59. The average Bonchev–Trinajstić information content (AvgIpc) is 3.60. The van der Waals surface area contributed by atoms with Crippen molar-refractivity contribution >= 4 is 27.2 Å². The predicted octanol–water partition coefficient (Wildman–Crippen LogP) is 5.40. The lowest BCUT2D eigenvalue weighted by atomic mass is 9.46. The zero-order valence-corrected chi connectivity index (χ0v) is 23.0. The first kappa shape index (κ1) is 22.6.